The van der Waals surface area contributed by atoms with Gasteiger partial charge in [0, 0.05) is 18.3 Å². The third kappa shape index (κ3) is 4.84. The van der Waals surface area contributed by atoms with Crippen LogP contribution in [0, 0.1) is 0 Å². The quantitative estimate of drug-likeness (QED) is 0.796. The average molecular weight is 206 g/mol. The first-order valence-electron chi connectivity index (χ1n) is 5.58. The van der Waals surface area contributed by atoms with Crippen LogP contribution in [0.15, 0.2) is 24.3 Å². The third-order valence-corrected chi connectivity index (χ3v) is 2.26. The summed E-state index contributed by atoms with van der Waals surface area (Å²) in [6.45, 7) is 5.41. The molecule has 0 fully saturated rings. The number of likely N-dealkylation sites (N-methyl/N-ethyl adjacent to an activating group) is 1. The number of hydrogen-bond acceptors (Lipinski definition) is 2. The molecule has 1 rings (SSSR count). The van der Waals surface area contributed by atoms with Gasteiger partial charge in [0.05, 0.1) is 0 Å². The molecule has 2 heteroatoms. The van der Waals surface area contributed by atoms with Crippen molar-refractivity contribution in [1.29, 1.82) is 0 Å². The molecule has 1 N–H and O–H groups in total. The van der Waals surface area contributed by atoms with Crippen molar-refractivity contribution in [2.45, 2.75) is 26.3 Å². The minimum atomic E-state index is 0.498. The van der Waals surface area contributed by atoms with Gasteiger partial charge < -0.3 is 10.2 Å². The minimum Gasteiger partial charge on any atom is -0.383 e. The van der Waals surface area contributed by atoms with Crippen molar-refractivity contribution in [3.8, 4) is 0 Å². The van der Waals surface area contributed by atoms with Gasteiger partial charge in [0.15, 0.2) is 0 Å². The molecule has 0 spiro atoms. The summed E-state index contributed by atoms with van der Waals surface area (Å²) < 4.78 is 0. The predicted molar refractivity (Wildman–Crippen MR) is 67.5 cm³/mol. The van der Waals surface area contributed by atoms with E-state index in [2.05, 4.69) is 62.4 Å². The van der Waals surface area contributed by atoms with Gasteiger partial charge in [0.2, 0.25) is 0 Å². The summed E-state index contributed by atoms with van der Waals surface area (Å²) >= 11 is 0. The van der Waals surface area contributed by atoms with Crippen LogP contribution in [0.3, 0.4) is 0 Å². The van der Waals surface area contributed by atoms with Crippen LogP contribution in [0.4, 0.5) is 5.69 Å². The van der Waals surface area contributed by atoms with Crippen LogP contribution in [0.5, 0.6) is 0 Å². The van der Waals surface area contributed by atoms with Gasteiger partial charge in [-0.1, -0.05) is 12.1 Å². The van der Waals surface area contributed by atoms with Gasteiger partial charge in [-0.15, -0.1) is 0 Å². The van der Waals surface area contributed by atoms with Crippen LogP contribution in [-0.2, 0) is 6.42 Å². The van der Waals surface area contributed by atoms with Gasteiger partial charge in [0.25, 0.3) is 0 Å². The lowest BCUT2D eigenvalue weighted by Gasteiger charge is -2.12. The lowest BCUT2D eigenvalue weighted by Crippen LogP contribution is -2.15. The number of rotatable bonds is 5. The highest BCUT2D eigenvalue weighted by molar-refractivity contribution is 5.45. The molecule has 0 aliphatic carbocycles. The topological polar surface area (TPSA) is 15.3 Å². The van der Waals surface area contributed by atoms with E-state index in [1.165, 1.54) is 11.3 Å². The second kappa shape index (κ2) is 5.76. The number of hydrogen-bond donors (Lipinski definition) is 1. The zero-order valence-corrected chi connectivity index (χ0v) is 10.2. The Hall–Kier alpha value is -1.02. The van der Waals surface area contributed by atoms with Gasteiger partial charge in [0.1, 0.15) is 0 Å². The van der Waals surface area contributed by atoms with E-state index in [4.69, 9.17) is 0 Å². The molecule has 0 atom stereocenters. The van der Waals surface area contributed by atoms with Gasteiger partial charge >= 0.3 is 0 Å². The smallest absolute Gasteiger partial charge is 0.0342 e. The molecule has 0 heterocycles. The van der Waals surface area contributed by atoms with Crippen molar-refractivity contribution >= 4 is 5.69 Å². The number of nitrogens with zero attached hydrogens (tertiary/aromatic N) is 1. The monoisotopic (exact) mass is 206 g/mol. The highest BCUT2D eigenvalue weighted by Crippen LogP contribution is 2.11. The first-order valence-corrected chi connectivity index (χ1v) is 5.58. The first-order chi connectivity index (χ1) is 7.08. The lowest BCUT2D eigenvalue weighted by atomic mass is 10.1. The van der Waals surface area contributed by atoms with Crippen LogP contribution >= 0.6 is 0 Å². The summed E-state index contributed by atoms with van der Waals surface area (Å²) in [4.78, 5) is 2.21. The van der Waals surface area contributed by atoms with Gasteiger partial charge in [-0.3, -0.25) is 0 Å². The van der Waals surface area contributed by atoms with Crippen LogP contribution in [0.25, 0.3) is 0 Å². The summed E-state index contributed by atoms with van der Waals surface area (Å²) in [5.74, 6) is 0. The summed E-state index contributed by atoms with van der Waals surface area (Å²) in [6.07, 6.45) is 1.12. The van der Waals surface area contributed by atoms with E-state index in [0.717, 1.165) is 13.0 Å². The Morgan fingerprint density at radius 2 is 1.73 bits per heavy atom. The molecule has 0 unspecified atom stereocenters. The second-order valence-corrected chi connectivity index (χ2v) is 4.55. The molecule has 0 saturated heterocycles. The van der Waals surface area contributed by atoms with Crippen molar-refractivity contribution in [3.63, 3.8) is 0 Å². The maximum Gasteiger partial charge on any atom is 0.0342 e. The van der Waals surface area contributed by atoms with Crippen LogP contribution in [-0.4, -0.2) is 31.6 Å². The fraction of sp³-hybridized carbons (Fsp3) is 0.538. The van der Waals surface area contributed by atoms with E-state index >= 15 is 0 Å². The van der Waals surface area contributed by atoms with E-state index in [9.17, 15) is 0 Å². The van der Waals surface area contributed by atoms with E-state index in [0.29, 0.717) is 6.04 Å². The summed E-state index contributed by atoms with van der Waals surface area (Å²) in [5, 5.41) is 3.39. The Kier molecular flexibility index (Phi) is 4.63. The van der Waals surface area contributed by atoms with Crippen molar-refractivity contribution in [2.75, 3.05) is 26.0 Å². The maximum absolute atomic E-state index is 3.39. The molecule has 1 aromatic carbocycles. The van der Waals surface area contributed by atoms with Crippen LogP contribution in [0.2, 0.25) is 0 Å². The molecular formula is C13H22N2. The normalized spacial score (nSPS) is 11.1. The maximum atomic E-state index is 3.39. The molecule has 0 amide bonds. The Labute approximate surface area is 93.3 Å². The molecule has 1 aromatic rings. The van der Waals surface area contributed by atoms with Gasteiger partial charge in [-0.2, -0.15) is 0 Å². The predicted octanol–water partition coefficient (Wildman–Crippen LogP) is 2.61. The Balaban J connectivity index is 2.49. The van der Waals surface area contributed by atoms with Gasteiger partial charge in [-0.25, -0.2) is 0 Å². The molecule has 0 saturated carbocycles. The first kappa shape index (κ1) is 12.1. The fourth-order valence-corrected chi connectivity index (χ4v) is 1.45. The number of anilines is 1. The Bertz CT molecular complexity index is 275. The summed E-state index contributed by atoms with van der Waals surface area (Å²) in [6, 6.07) is 9.22. The molecule has 0 bridgehead atoms. The Morgan fingerprint density at radius 1 is 1.13 bits per heavy atom. The van der Waals surface area contributed by atoms with Crippen LogP contribution < -0.4 is 5.32 Å². The van der Waals surface area contributed by atoms with Crippen molar-refractivity contribution in [1.82, 2.24) is 4.90 Å². The van der Waals surface area contributed by atoms with E-state index in [-0.39, 0.29) is 0 Å². The molecule has 0 radical (unpaired) electrons. The largest absolute Gasteiger partial charge is 0.383 e. The second-order valence-electron chi connectivity index (χ2n) is 4.55. The Morgan fingerprint density at radius 3 is 2.20 bits per heavy atom. The van der Waals surface area contributed by atoms with E-state index < -0.39 is 0 Å². The molecule has 0 aliphatic heterocycles. The van der Waals surface area contributed by atoms with E-state index in [1.807, 2.05) is 0 Å². The zero-order chi connectivity index (χ0) is 11.3. The minimum absolute atomic E-state index is 0.498. The molecular weight excluding hydrogens is 184 g/mol. The molecule has 84 valence electrons. The summed E-state index contributed by atoms with van der Waals surface area (Å²) in [5.41, 5.74) is 2.61. The standard InChI is InChI=1S/C13H22N2/c1-11(2)14-13-7-5-12(6-8-13)9-10-15(3)4/h5-8,11,14H,9-10H2,1-4H3. The number of nitrogens with one attached hydrogen (secondary N) is 1. The van der Waals surface area contributed by atoms with Gasteiger partial charge in [-0.05, 0) is 52.1 Å². The highest BCUT2D eigenvalue weighted by Gasteiger charge is 1.97. The van der Waals surface area contributed by atoms with E-state index in [1.54, 1.807) is 0 Å². The van der Waals surface area contributed by atoms with Crippen molar-refractivity contribution < 1.29 is 0 Å². The number of benzene rings is 1. The SMILES string of the molecule is CC(C)Nc1ccc(CCN(C)C)cc1. The van der Waals surface area contributed by atoms with Crippen molar-refractivity contribution in [3.05, 3.63) is 29.8 Å². The third-order valence-electron chi connectivity index (χ3n) is 2.26. The lowest BCUT2D eigenvalue weighted by molar-refractivity contribution is 0.413. The average Bonchev–Trinajstić information content (AvgIpc) is 2.16. The fourth-order valence-electron chi connectivity index (χ4n) is 1.45. The molecule has 2 nitrogen and oxygen atoms in total. The molecule has 15 heavy (non-hydrogen) atoms. The zero-order valence-electron chi connectivity index (χ0n) is 10.2. The highest BCUT2D eigenvalue weighted by atomic mass is 15.0. The van der Waals surface area contributed by atoms with Crippen LogP contribution in [0.1, 0.15) is 19.4 Å². The molecule has 0 aromatic heterocycles. The van der Waals surface area contributed by atoms with Crippen molar-refractivity contribution in [2.24, 2.45) is 0 Å². The molecule has 0 aliphatic rings. The summed E-state index contributed by atoms with van der Waals surface area (Å²) in [7, 11) is 4.21.